The topological polar surface area (TPSA) is 67.1 Å². The summed E-state index contributed by atoms with van der Waals surface area (Å²) in [5, 5.41) is 17.5. The summed E-state index contributed by atoms with van der Waals surface area (Å²) < 4.78 is 2.30. The molecular formula is C16H24N6S. The van der Waals surface area contributed by atoms with Crippen molar-refractivity contribution in [3.05, 3.63) is 34.0 Å². The minimum Gasteiger partial charge on any atom is -0.356 e. The van der Waals surface area contributed by atoms with Gasteiger partial charge in [-0.1, -0.05) is 12.5 Å². The normalized spacial score (nSPS) is 15.1. The summed E-state index contributed by atoms with van der Waals surface area (Å²) in [7, 11) is 1.80. The van der Waals surface area contributed by atoms with Gasteiger partial charge in [0.2, 0.25) is 0 Å². The van der Waals surface area contributed by atoms with Gasteiger partial charge >= 0.3 is 0 Å². The lowest BCUT2D eigenvalue weighted by molar-refractivity contribution is 0.600. The molecule has 0 saturated carbocycles. The molecule has 7 heteroatoms. The predicted octanol–water partition coefficient (Wildman–Crippen LogP) is 1.97. The highest BCUT2D eigenvalue weighted by Gasteiger charge is 2.14. The van der Waals surface area contributed by atoms with Gasteiger partial charge in [0.1, 0.15) is 11.6 Å². The summed E-state index contributed by atoms with van der Waals surface area (Å²) in [6.07, 6.45) is 5.68. The first kappa shape index (κ1) is 16.0. The van der Waals surface area contributed by atoms with Crippen LogP contribution < -0.4 is 10.6 Å². The van der Waals surface area contributed by atoms with Crippen LogP contribution in [0.1, 0.15) is 35.8 Å². The van der Waals surface area contributed by atoms with Gasteiger partial charge in [-0.05, 0) is 24.3 Å². The molecule has 2 N–H and O–H groups in total. The van der Waals surface area contributed by atoms with Crippen molar-refractivity contribution in [3.63, 3.8) is 0 Å². The fourth-order valence-corrected chi connectivity index (χ4v) is 3.47. The van der Waals surface area contributed by atoms with Gasteiger partial charge in [-0.3, -0.25) is 4.99 Å². The van der Waals surface area contributed by atoms with Crippen molar-refractivity contribution in [3.8, 4) is 0 Å². The van der Waals surface area contributed by atoms with Crippen LogP contribution in [0.5, 0.6) is 0 Å². The lowest BCUT2D eigenvalue weighted by Crippen LogP contribution is -2.38. The molecule has 6 nitrogen and oxygen atoms in total. The molecule has 23 heavy (non-hydrogen) atoms. The zero-order chi connectivity index (χ0) is 15.9. The Morgan fingerprint density at radius 3 is 3.09 bits per heavy atom. The van der Waals surface area contributed by atoms with Crippen molar-refractivity contribution < 1.29 is 0 Å². The van der Waals surface area contributed by atoms with E-state index in [1.807, 2.05) is 0 Å². The highest BCUT2D eigenvalue weighted by atomic mass is 32.1. The van der Waals surface area contributed by atoms with E-state index in [0.717, 1.165) is 50.1 Å². The first-order valence-corrected chi connectivity index (χ1v) is 9.12. The second-order valence-corrected chi connectivity index (χ2v) is 6.71. The number of nitrogens with one attached hydrogen (secondary N) is 2. The Morgan fingerprint density at radius 2 is 2.26 bits per heavy atom. The standard InChI is InChI=1S/C16H24N6S/c1-17-16(19-12-13-6-5-11-23-13)18-9-8-15-21-20-14-7-3-2-4-10-22(14)15/h5-6,11H,2-4,7-10,12H2,1H3,(H2,17,18,19). The third-order valence-corrected chi connectivity index (χ3v) is 4.94. The Labute approximate surface area is 141 Å². The molecule has 0 saturated heterocycles. The van der Waals surface area contributed by atoms with Gasteiger partial charge in [-0.15, -0.1) is 21.5 Å². The molecule has 0 aromatic carbocycles. The molecule has 2 aromatic rings. The third kappa shape index (κ3) is 4.31. The Bertz CT molecular complexity index is 631. The Morgan fingerprint density at radius 1 is 1.30 bits per heavy atom. The van der Waals surface area contributed by atoms with Gasteiger partial charge in [0.05, 0.1) is 6.54 Å². The molecule has 0 fully saturated rings. The molecule has 2 aromatic heterocycles. The Kier molecular flexibility index (Phi) is 5.63. The number of hydrogen-bond acceptors (Lipinski definition) is 4. The number of nitrogens with zero attached hydrogens (tertiary/aromatic N) is 4. The van der Waals surface area contributed by atoms with Gasteiger partial charge in [-0.2, -0.15) is 0 Å². The zero-order valence-corrected chi connectivity index (χ0v) is 14.4. The maximum atomic E-state index is 4.36. The van der Waals surface area contributed by atoms with Crippen LogP contribution in [-0.4, -0.2) is 34.3 Å². The van der Waals surface area contributed by atoms with E-state index in [0.29, 0.717) is 0 Å². The van der Waals surface area contributed by atoms with Gasteiger partial charge in [-0.25, -0.2) is 0 Å². The number of guanidine groups is 1. The largest absolute Gasteiger partial charge is 0.356 e. The van der Waals surface area contributed by atoms with E-state index >= 15 is 0 Å². The Balaban J connectivity index is 1.47. The van der Waals surface area contributed by atoms with E-state index in [1.165, 1.54) is 24.1 Å². The monoisotopic (exact) mass is 332 g/mol. The molecule has 0 amide bonds. The third-order valence-electron chi connectivity index (χ3n) is 4.06. The molecule has 3 rings (SSSR count). The lowest BCUT2D eigenvalue weighted by atomic mass is 10.2. The van der Waals surface area contributed by atoms with Crippen LogP contribution in [0, 0.1) is 0 Å². The number of rotatable bonds is 5. The van der Waals surface area contributed by atoms with E-state index < -0.39 is 0 Å². The summed E-state index contributed by atoms with van der Waals surface area (Å²) >= 11 is 1.75. The van der Waals surface area contributed by atoms with Crippen LogP contribution >= 0.6 is 11.3 Å². The molecular weight excluding hydrogens is 308 g/mol. The second kappa shape index (κ2) is 8.10. The molecule has 124 valence electrons. The minimum absolute atomic E-state index is 0.803. The smallest absolute Gasteiger partial charge is 0.191 e. The van der Waals surface area contributed by atoms with Crippen molar-refractivity contribution in [2.45, 2.75) is 45.2 Å². The van der Waals surface area contributed by atoms with Crippen LogP contribution in [0.3, 0.4) is 0 Å². The molecule has 0 aliphatic carbocycles. The molecule has 0 atom stereocenters. The fraction of sp³-hybridized carbons (Fsp3) is 0.562. The molecule has 1 aliphatic rings. The second-order valence-electron chi connectivity index (χ2n) is 5.68. The first-order chi connectivity index (χ1) is 11.4. The summed E-state index contributed by atoms with van der Waals surface area (Å²) in [5.41, 5.74) is 0. The zero-order valence-electron chi connectivity index (χ0n) is 13.6. The molecule has 0 radical (unpaired) electrons. The Hall–Kier alpha value is -1.89. The van der Waals surface area contributed by atoms with Crippen molar-refractivity contribution in [1.82, 2.24) is 25.4 Å². The quantitative estimate of drug-likeness (QED) is 0.649. The summed E-state index contributed by atoms with van der Waals surface area (Å²) in [5.74, 6) is 3.06. The van der Waals surface area contributed by atoms with E-state index in [4.69, 9.17) is 0 Å². The van der Waals surface area contributed by atoms with Gasteiger partial charge in [0.15, 0.2) is 5.96 Å². The van der Waals surface area contributed by atoms with Crippen LogP contribution in [0.4, 0.5) is 0 Å². The SMILES string of the molecule is CN=C(NCCc1nnc2n1CCCCC2)NCc1cccs1. The number of aliphatic imine (C=N–C) groups is 1. The maximum Gasteiger partial charge on any atom is 0.191 e. The van der Waals surface area contributed by atoms with Crippen LogP contribution in [0.2, 0.25) is 0 Å². The highest BCUT2D eigenvalue weighted by molar-refractivity contribution is 7.09. The summed E-state index contributed by atoms with van der Waals surface area (Å²) in [6, 6.07) is 4.19. The minimum atomic E-state index is 0.803. The molecule has 0 spiro atoms. The average molecular weight is 332 g/mol. The first-order valence-electron chi connectivity index (χ1n) is 8.24. The van der Waals surface area contributed by atoms with E-state index in [-0.39, 0.29) is 0 Å². The van der Waals surface area contributed by atoms with E-state index in [1.54, 1.807) is 18.4 Å². The molecule has 0 unspecified atom stereocenters. The predicted molar refractivity (Wildman–Crippen MR) is 93.8 cm³/mol. The highest BCUT2D eigenvalue weighted by Crippen LogP contribution is 2.14. The number of hydrogen-bond donors (Lipinski definition) is 2. The molecule has 3 heterocycles. The van der Waals surface area contributed by atoms with Crippen molar-refractivity contribution >= 4 is 17.3 Å². The van der Waals surface area contributed by atoms with Gasteiger partial charge < -0.3 is 15.2 Å². The average Bonchev–Trinajstić information content (AvgIpc) is 3.16. The van der Waals surface area contributed by atoms with Crippen LogP contribution in [0.15, 0.2) is 22.5 Å². The lowest BCUT2D eigenvalue weighted by Gasteiger charge is -2.11. The summed E-state index contributed by atoms with van der Waals surface area (Å²) in [4.78, 5) is 5.57. The number of aromatic nitrogens is 3. The maximum absolute atomic E-state index is 4.36. The van der Waals surface area contributed by atoms with E-state index in [2.05, 4.69) is 47.9 Å². The van der Waals surface area contributed by atoms with Crippen LogP contribution in [0.25, 0.3) is 0 Å². The van der Waals surface area contributed by atoms with Crippen molar-refractivity contribution in [2.75, 3.05) is 13.6 Å². The molecule has 0 bridgehead atoms. The van der Waals surface area contributed by atoms with Crippen molar-refractivity contribution in [2.24, 2.45) is 4.99 Å². The number of fused-ring (bicyclic) bond motifs is 1. The van der Waals surface area contributed by atoms with Gasteiger partial charge in [0, 0.05) is 37.9 Å². The van der Waals surface area contributed by atoms with Gasteiger partial charge in [0.25, 0.3) is 0 Å². The van der Waals surface area contributed by atoms with Crippen LogP contribution in [-0.2, 0) is 25.9 Å². The van der Waals surface area contributed by atoms with Crippen molar-refractivity contribution in [1.29, 1.82) is 0 Å². The molecule has 1 aliphatic heterocycles. The van der Waals surface area contributed by atoms with E-state index in [9.17, 15) is 0 Å². The fourth-order valence-electron chi connectivity index (χ4n) is 2.83. The number of aryl methyl sites for hydroxylation is 1. The summed E-state index contributed by atoms with van der Waals surface area (Å²) in [6.45, 7) is 2.67. The number of thiophene rings is 1.